The van der Waals surface area contributed by atoms with Crippen molar-refractivity contribution >= 4 is 52.3 Å². The van der Waals surface area contributed by atoms with Gasteiger partial charge in [0.2, 0.25) is 23.6 Å². The largest absolute Gasteiger partial charge is 0.573 e. The summed E-state index contributed by atoms with van der Waals surface area (Å²) in [5.41, 5.74) is 0.440. The lowest BCUT2D eigenvalue weighted by molar-refractivity contribution is -0.274. The van der Waals surface area contributed by atoms with Crippen molar-refractivity contribution in [3.63, 3.8) is 0 Å². The number of phenolic OH excluding ortho intramolecular Hbond substituents is 1. The number of nitrogens with zero attached hydrogens (tertiary/aromatic N) is 3. The highest BCUT2D eigenvalue weighted by Gasteiger charge is 2.70. The molecule has 0 bridgehead atoms. The number of carbonyl (C=O) groups excluding carboxylic acids is 4. The highest BCUT2D eigenvalue weighted by molar-refractivity contribution is 6.32. The SMILES string of the molecule is O=C1[C@H]2[C@H](CC=C3[C@H]2C[C@H]2C(=O)N(c4cccc(Cl)c4)C(=O)[C@@]2(c2ccccc2)[C@H]3c2cc(OC(F)(F)F)ccc2O)C(=O)N1c1ccc(N2CCOCC2)cc1. The summed E-state index contributed by atoms with van der Waals surface area (Å²) in [6.07, 6.45) is -3.27. The molecule has 0 spiro atoms. The van der Waals surface area contributed by atoms with Crippen molar-refractivity contribution in [1.29, 1.82) is 0 Å². The van der Waals surface area contributed by atoms with Gasteiger partial charge in [-0.2, -0.15) is 0 Å². The number of hydrogen-bond acceptors (Lipinski definition) is 8. The molecule has 4 amide bonds. The molecule has 4 aromatic carbocycles. The number of morpholine rings is 1. The van der Waals surface area contributed by atoms with Crippen LogP contribution in [0.15, 0.2) is 109 Å². The van der Waals surface area contributed by atoms with Crippen LogP contribution in [0.25, 0.3) is 0 Å². The number of amides is 4. The van der Waals surface area contributed by atoms with Crippen molar-refractivity contribution < 1.29 is 46.9 Å². The van der Waals surface area contributed by atoms with E-state index in [1.54, 1.807) is 66.7 Å². The van der Waals surface area contributed by atoms with Crippen molar-refractivity contribution in [3.05, 3.63) is 125 Å². The summed E-state index contributed by atoms with van der Waals surface area (Å²) >= 11 is 6.36. The lowest BCUT2D eigenvalue weighted by Gasteiger charge is -2.50. The highest BCUT2D eigenvalue weighted by atomic mass is 35.5. The number of imide groups is 2. The van der Waals surface area contributed by atoms with Gasteiger partial charge in [0.15, 0.2) is 0 Å². The number of allylic oxidation sites excluding steroid dienone is 2. The van der Waals surface area contributed by atoms with Crippen LogP contribution in [0, 0.1) is 23.7 Å². The Morgan fingerprint density at radius 1 is 0.772 bits per heavy atom. The summed E-state index contributed by atoms with van der Waals surface area (Å²) in [5.74, 6) is -8.29. The molecule has 5 aliphatic rings. The van der Waals surface area contributed by atoms with E-state index < -0.39 is 76.5 Å². The summed E-state index contributed by atoms with van der Waals surface area (Å²) in [4.78, 5) is 63.7. The fourth-order valence-electron chi connectivity index (χ4n) is 9.94. The normalized spacial score (nSPS) is 27.3. The summed E-state index contributed by atoms with van der Waals surface area (Å²) in [6, 6.07) is 24.9. The first-order chi connectivity index (χ1) is 27.4. The van der Waals surface area contributed by atoms with Gasteiger partial charge in [-0.3, -0.25) is 24.1 Å². The lowest BCUT2D eigenvalue weighted by Crippen LogP contribution is -2.53. The molecule has 0 radical (unpaired) electrons. The average molecular weight is 798 g/mol. The quantitative estimate of drug-likeness (QED) is 0.162. The van der Waals surface area contributed by atoms with E-state index >= 15 is 4.79 Å². The number of anilines is 3. The lowest BCUT2D eigenvalue weighted by atomic mass is 9.49. The number of aromatic hydroxyl groups is 1. The monoisotopic (exact) mass is 797 g/mol. The molecular weight excluding hydrogens is 763 g/mol. The van der Waals surface area contributed by atoms with Crippen molar-refractivity contribution in [2.45, 2.75) is 30.5 Å². The first-order valence-corrected chi connectivity index (χ1v) is 19.0. The second-order valence-electron chi connectivity index (χ2n) is 15.0. The fourth-order valence-corrected chi connectivity index (χ4v) is 10.1. The zero-order chi connectivity index (χ0) is 39.8. The van der Waals surface area contributed by atoms with Crippen molar-refractivity contribution in [2.24, 2.45) is 23.7 Å². The number of hydrogen-bond donors (Lipinski definition) is 1. The minimum absolute atomic E-state index is 0.0393. The number of phenols is 1. The van der Waals surface area contributed by atoms with Gasteiger partial charge in [0.1, 0.15) is 11.5 Å². The Morgan fingerprint density at radius 3 is 2.19 bits per heavy atom. The van der Waals surface area contributed by atoms with Gasteiger partial charge in [-0.05, 0) is 85.0 Å². The highest BCUT2D eigenvalue weighted by Crippen LogP contribution is 2.65. The van der Waals surface area contributed by atoms with Crippen LogP contribution >= 0.6 is 11.6 Å². The summed E-state index contributed by atoms with van der Waals surface area (Å²) in [6.45, 7) is 2.57. The van der Waals surface area contributed by atoms with E-state index in [0.29, 0.717) is 43.1 Å². The topological polar surface area (TPSA) is 117 Å². The van der Waals surface area contributed by atoms with Crippen LogP contribution in [0.3, 0.4) is 0 Å². The minimum atomic E-state index is -5.08. The first kappa shape index (κ1) is 36.9. The molecule has 6 atom stereocenters. The number of ether oxygens (including phenoxy) is 2. The van der Waals surface area contributed by atoms with Gasteiger partial charge in [0.25, 0.3) is 0 Å². The van der Waals surface area contributed by atoms with Crippen molar-refractivity contribution in [1.82, 2.24) is 0 Å². The van der Waals surface area contributed by atoms with E-state index in [-0.39, 0.29) is 29.1 Å². The maximum absolute atomic E-state index is 15.4. The van der Waals surface area contributed by atoms with Crippen LogP contribution in [-0.4, -0.2) is 61.4 Å². The Hall–Kier alpha value is -5.66. The number of carbonyl (C=O) groups is 4. The minimum Gasteiger partial charge on any atom is -0.508 e. The van der Waals surface area contributed by atoms with E-state index in [1.807, 2.05) is 12.1 Å². The Labute approximate surface area is 330 Å². The molecule has 3 aliphatic heterocycles. The number of benzene rings is 4. The van der Waals surface area contributed by atoms with Crippen molar-refractivity contribution in [3.8, 4) is 11.5 Å². The zero-order valence-electron chi connectivity index (χ0n) is 30.2. The molecule has 10 nitrogen and oxygen atoms in total. The average Bonchev–Trinajstić information content (AvgIpc) is 3.59. The Balaban J connectivity index is 1.20. The van der Waals surface area contributed by atoms with E-state index in [4.69, 9.17) is 16.3 Å². The first-order valence-electron chi connectivity index (χ1n) is 18.7. The molecule has 57 heavy (non-hydrogen) atoms. The predicted octanol–water partition coefficient (Wildman–Crippen LogP) is 7.15. The predicted molar refractivity (Wildman–Crippen MR) is 203 cm³/mol. The number of fused-ring (bicyclic) bond motifs is 4. The number of halogens is 4. The van der Waals surface area contributed by atoms with E-state index in [1.165, 1.54) is 11.0 Å². The molecule has 4 aromatic rings. The Kier molecular flexibility index (Phi) is 8.93. The molecule has 4 fully saturated rings. The van der Waals surface area contributed by atoms with E-state index in [9.17, 15) is 32.7 Å². The third kappa shape index (κ3) is 5.89. The molecule has 292 valence electrons. The Morgan fingerprint density at radius 2 is 1.49 bits per heavy atom. The van der Waals surface area contributed by atoms with Gasteiger partial charge in [-0.25, -0.2) is 4.90 Å². The molecule has 14 heteroatoms. The standard InChI is InChI=1S/C43H35ClF3N3O7/c44-25-7-4-8-28(21-25)50-39(53)34-23-32-30(14-15-31-36(32)40(54)49(38(31)52)27-11-9-26(10-12-27)48-17-19-56-20-18-48)37(42(34,41(50)55)24-5-2-1-3-6-24)33-22-29(13-16-35(33)51)57-43(45,46)47/h1-14,16,21-22,31-32,34,36-37,51H,15,17-20,23H2/t31-,32+,34-,36-,37+,42+/m0/s1. The van der Waals surface area contributed by atoms with Gasteiger partial charge in [-0.1, -0.05) is 59.6 Å². The van der Waals surface area contributed by atoms with Crippen LogP contribution in [0.1, 0.15) is 29.9 Å². The summed E-state index contributed by atoms with van der Waals surface area (Å²) in [5, 5.41) is 11.8. The van der Waals surface area contributed by atoms with Gasteiger partial charge in [0, 0.05) is 35.3 Å². The van der Waals surface area contributed by atoms with E-state index in [2.05, 4.69) is 9.64 Å². The summed E-state index contributed by atoms with van der Waals surface area (Å²) < 4.78 is 50.7. The number of rotatable bonds is 6. The number of alkyl halides is 3. The third-order valence-corrected chi connectivity index (χ3v) is 12.4. The molecule has 0 aromatic heterocycles. The smallest absolute Gasteiger partial charge is 0.508 e. The molecule has 0 unspecified atom stereocenters. The Bertz CT molecular complexity index is 2330. The fraction of sp³-hybridized carbons (Fsp3) is 0.302. The van der Waals surface area contributed by atoms with Crippen LogP contribution in [-0.2, 0) is 29.3 Å². The summed E-state index contributed by atoms with van der Waals surface area (Å²) in [7, 11) is 0. The van der Waals surface area contributed by atoms with Crippen molar-refractivity contribution in [2.75, 3.05) is 41.0 Å². The third-order valence-electron chi connectivity index (χ3n) is 12.2. The molecule has 1 N–H and O–H groups in total. The van der Waals surface area contributed by atoms with Gasteiger partial charge in [-0.15, -0.1) is 13.2 Å². The molecular formula is C43H35ClF3N3O7. The molecule has 3 saturated heterocycles. The van der Waals surface area contributed by atoms with Crippen LogP contribution in [0.4, 0.5) is 30.2 Å². The van der Waals surface area contributed by atoms with Gasteiger partial charge in [0.05, 0.1) is 47.8 Å². The maximum atomic E-state index is 15.4. The van der Waals surface area contributed by atoms with Crippen LogP contribution in [0.5, 0.6) is 11.5 Å². The molecule has 2 aliphatic carbocycles. The van der Waals surface area contributed by atoms with Crippen LogP contribution in [0.2, 0.25) is 5.02 Å². The second-order valence-corrected chi connectivity index (χ2v) is 15.4. The van der Waals surface area contributed by atoms with Crippen LogP contribution < -0.4 is 19.4 Å². The second kappa shape index (κ2) is 13.8. The molecule has 9 rings (SSSR count). The molecule has 3 heterocycles. The van der Waals surface area contributed by atoms with Gasteiger partial charge >= 0.3 is 6.36 Å². The maximum Gasteiger partial charge on any atom is 0.573 e. The van der Waals surface area contributed by atoms with Gasteiger partial charge < -0.3 is 19.5 Å². The zero-order valence-corrected chi connectivity index (χ0v) is 31.0. The van der Waals surface area contributed by atoms with E-state index in [0.717, 1.165) is 28.8 Å². The molecule has 1 saturated carbocycles.